The van der Waals surface area contributed by atoms with Crippen LogP contribution in [0.5, 0.6) is 0 Å². The van der Waals surface area contributed by atoms with Gasteiger partial charge in [0.2, 0.25) is 0 Å². The summed E-state index contributed by atoms with van der Waals surface area (Å²) in [6, 6.07) is 0. The highest BCUT2D eigenvalue weighted by atomic mass is 16.3. The van der Waals surface area contributed by atoms with E-state index in [1.807, 2.05) is 0 Å². The molecular weight excluding hydrogens is 368 g/mol. The Kier molecular flexibility index (Phi) is 6.23. The zero-order valence-electron chi connectivity index (χ0n) is 20.6. The van der Waals surface area contributed by atoms with Crippen molar-refractivity contribution in [2.24, 2.45) is 58.2 Å². The van der Waals surface area contributed by atoms with Gasteiger partial charge in [-0.15, -0.1) is 0 Å². The number of carbonyl (C=O) groups is 1. The van der Waals surface area contributed by atoms with E-state index >= 15 is 0 Å². The van der Waals surface area contributed by atoms with Gasteiger partial charge in [-0.25, -0.2) is 0 Å². The van der Waals surface area contributed by atoms with Crippen molar-refractivity contribution in [2.45, 2.75) is 112 Å². The van der Waals surface area contributed by atoms with E-state index in [9.17, 15) is 9.90 Å². The molecule has 0 aromatic carbocycles. The maximum atomic E-state index is 12.1. The SMILES string of the molecule is CC(C)[C@@H](C)CC[C@@H](C)[C@H]1CC[C@H]2[C@@H]3CCC4CC(=O)CC[C@]4(C)[C@H]3[C@@H](O)C[C@]12C. The van der Waals surface area contributed by atoms with Crippen LogP contribution in [0.2, 0.25) is 0 Å². The van der Waals surface area contributed by atoms with Gasteiger partial charge in [0, 0.05) is 12.8 Å². The minimum absolute atomic E-state index is 0.167. The highest BCUT2D eigenvalue weighted by molar-refractivity contribution is 5.79. The third kappa shape index (κ3) is 3.61. The Labute approximate surface area is 186 Å². The van der Waals surface area contributed by atoms with Gasteiger partial charge >= 0.3 is 0 Å². The summed E-state index contributed by atoms with van der Waals surface area (Å²) in [7, 11) is 0. The maximum absolute atomic E-state index is 12.1. The Morgan fingerprint density at radius 1 is 1.00 bits per heavy atom. The first-order chi connectivity index (χ1) is 14.1. The highest BCUT2D eigenvalue weighted by Crippen LogP contribution is 2.68. The van der Waals surface area contributed by atoms with Crippen LogP contribution >= 0.6 is 0 Å². The Balaban J connectivity index is 1.51. The van der Waals surface area contributed by atoms with Crippen molar-refractivity contribution >= 4 is 5.78 Å². The monoisotopic (exact) mass is 416 g/mol. The summed E-state index contributed by atoms with van der Waals surface area (Å²) in [6.07, 6.45) is 11.3. The molecule has 0 aromatic heterocycles. The molecule has 4 aliphatic carbocycles. The van der Waals surface area contributed by atoms with Crippen LogP contribution in [0.3, 0.4) is 0 Å². The zero-order valence-corrected chi connectivity index (χ0v) is 20.6. The number of hydrogen-bond acceptors (Lipinski definition) is 2. The number of rotatable bonds is 5. The van der Waals surface area contributed by atoms with Gasteiger partial charge in [0.25, 0.3) is 0 Å². The van der Waals surface area contributed by atoms with Crippen molar-refractivity contribution in [2.75, 3.05) is 0 Å². The normalized spacial score (nSPS) is 48.1. The maximum Gasteiger partial charge on any atom is 0.133 e. The lowest BCUT2D eigenvalue weighted by molar-refractivity contribution is -0.174. The molecule has 2 heteroatoms. The molecule has 4 aliphatic rings. The van der Waals surface area contributed by atoms with Crippen LogP contribution in [0, 0.1) is 58.2 Å². The molecule has 4 rings (SSSR count). The number of fused-ring (bicyclic) bond motifs is 5. The van der Waals surface area contributed by atoms with E-state index in [2.05, 4.69) is 41.5 Å². The topological polar surface area (TPSA) is 37.3 Å². The second kappa shape index (κ2) is 8.20. The molecule has 30 heavy (non-hydrogen) atoms. The van der Waals surface area contributed by atoms with E-state index < -0.39 is 0 Å². The van der Waals surface area contributed by atoms with Crippen LogP contribution in [0.4, 0.5) is 0 Å². The van der Waals surface area contributed by atoms with Crippen molar-refractivity contribution < 1.29 is 9.90 Å². The van der Waals surface area contributed by atoms with E-state index in [0.717, 1.165) is 55.3 Å². The highest BCUT2D eigenvalue weighted by Gasteiger charge is 2.63. The molecule has 172 valence electrons. The van der Waals surface area contributed by atoms with Crippen molar-refractivity contribution in [1.82, 2.24) is 0 Å². The summed E-state index contributed by atoms with van der Waals surface area (Å²) in [6.45, 7) is 14.6. The number of hydrogen-bond donors (Lipinski definition) is 1. The van der Waals surface area contributed by atoms with E-state index in [1.165, 1.54) is 38.5 Å². The minimum atomic E-state index is -0.167. The van der Waals surface area contributed by atoms with Crippen LogP contribution in [-0.2, 0) is 4.79 Å². The second-order valence-corrected chi connectivity index (χ2v) is 13.1. The molecule has 0 saturated heterocycles. The largest absolute Gasteiger partial charge is 0.393 e. The number of ketones is 1. The molecule has 0 heterocycles. The third-order valence-electron chi connectivity index (χ3n) is 11.4. The Hall–Kier alpha value is -0.370. The molecule has 0 spiro atoms. The first kappa shape index (κ1) is 22.8. The number of carbonyl (C=O) groups excluding carboxylic acids is 1. The molecule has 0 aliphatic heterocycles. The van der Waals surface area contributed by atoms with E-state index in [1.54, 1.807) is 0 Å². The predicted molar refractivity (Wildman–Crippen MR) is 124 cm³/mol. The summed E-state index contributed by atoms with van der Waals surface area (Å²) in [5.41, 5.74) is 0.503. The van der Waals surface area contributed by atoms with Gasteiger partial charge < -0.3 is 5.11 Å². The lowest BCUT2D eigenvalue weighted by Crippen LogP contribution is -2.59. The molecule has 10 atom stereocenters. The minimum Gasteiger partial charge on any atom is -0.393 e. The Morgan fingerprint density at radius 3 is 2.43 bits per heavy atom. The summed E-state index contributed by atoms with van der Waals surface area (Å²) in [5.74, 6) is 6.01. The van der Waals surface area contributed by atoms with Gasteiger partial charge in [0.05, 0.1) is 6.10 Å². The third-order valence-corrected chi connectivity index (χ3v) is 11.4. The number of aliphatic hydroxyl groups is 1. The smallest absolute Gasteiger partial charge is 0.133 e. The fraction of sp³-hybridized carbons (Fsp3) is 0.964. The van der Waals surface area contributed by atoms with Crippen molar-refractivity contribution in [1.29, 1.82) is 0 Å². The van der Waals surface area contributed by atoms with Gasteiger partial charge in [-0.3, -0.25) is 4.79 Å². The zero-order chi connectivity index (χ0) is 21.8. The van der Waals surface area contributed by atoms with Gasteiger partial charge in [0.15, 0.2) is 0 Å². The molecule has 1 N–H and O–H groups in total. The van der Waals surface area contributed by atoms with Crippen molar-refractivity contribution in [3.8, 4) is 0 Å². The summed E-state index contributed by atoms with van der Waals surface area (Å²) < 4.78 is 0. The predicted octanol–water partition coefficient (Wildman–Crippen LogP) is 6.89. The average Bonchev–Trinajstić information content (AvgIpc) is 3.02. The van der Waals surface area contributed by atoms with Crippen LogP contribution in [0.1, 0.15) is 106 Å². The molecular formula is C28H48O2. The fourth-order valence-electron chi connectivity index (χ4n) is 9.20. The second-order valence-electron chi connectivity index (χ2n) is 13.1. The number of Topliss-reactive ketones (excluding diaryl/α,β-unsaturated/α-hetero) is 1. The van der Waals surface area contributed by atoms with E-state index in [4.69, 9.17) is 0 Å². The summed E-state index contributed by atoms with van der Waals surface area (Å²) in [5, 5.41) is 11.6. The summed E-state index contributed by atoms with van der Waals surface area (Å²) in [4.78, 5) is 12.1. The molecule has 4 saturated carbocycles. The van der Waals surface area contributed by atoms with E-state index in [-0.39, 0.29) is 11.5 Å². The van der Waals surface area contributed by atoms with Gasteiger partial charge in [-0.05, 0) is 96.7 Å². The molecule has 4 fully saturated rings. The lowest BCUT2D eigenvalue weighted by atomic mass is 9.43. The summed E-state index contributed by atoms with van der Waals surface area (Å²) >= 11 is 0. The molecule has 1 unspecified atom stereocenters. The van der Waals surface area contributed by atoms with Crippen molar-refractivity contribution in [3.63, 3.8) is 0 Å². The van der Waals surface area contributed by atoms with Crippen LogP contribution in [0.25, 0.3) is 0 Å². The lowest BCUT2D eigenvalue weighted by Gasteiger charge is -2.62. The Morgan fingerprint density at radius 2 is 1.73 bits per heavy atom. The Bertz CT molecular complexity index is 641. The molecule has 0 amide bonds. The molecule has 0 bridgehead atoms. The standard InChI is InChI=1S/C28H48O2/c1-17(2)18(3)7-8-19(4)23-11-12-24-22-10-9-20-15-21(29)13-14-27(20,5)26(22)25(30)16-28(23,24)6/h17-20,22-26,30H,7-16H2,1-6H3/t18-,19+,20?,22-,23+,24-,25-,26+,27-,28+/m0/s1. The average molecular weight is 417 g/mol. The van der Waals surface area contributed by atoms with Gasteiger partial charge in [-0.2, -0.15) is 0 Å². The number of aliphatic hydroxyl groups excluding tert-OH is 1. The van der Waals surface area contributed by atoms with Crippen LogP contribution in [0.15, 0.2) is 0 Å². The van der Waals surface area contributed by atoms with Gasteiger partial charge in [0.1, 0.15) is 5.78 Å². The molecule has 0 aromatic rings. The van der Waals surface area contributed by atoms with Gasteiger partial charge in [-0.1, -0.05) is 54.4 Å². The first-order valence-corrected chi connectivity index (χ1v) is 13.3. The van der Waals surface area contributed by atoms with E-state index in [0.29, 0.717) is 29.0 Å². The quantitative estimate of drug-likeness (QED) is 0.529. The molecule has 0 radical (unpaired) electrons. The fourth-order valence-corrected chi connectivity index (χ4v) is 9.20. The van der Waals surface area contributed by atoms with Crippen LogP contribution < -0.4 is 0 Å². The van der Waals surface area contributed by atoms with Crippen LogP contribution in [-0.4, -0.2) is 17.0 Å². The molecule has 2 nitrogen and oxygen atoms in total. The van der Waals surface area contributed by atoms with Crippen molar-refractivity contribution in [3.05, 3.63) is 0 Å². The first-order valence-electron chi connectivity index (χ1n) is 13.3.